The van der Waals surface area contributed by atoms with E-state index in [0.29, 0.717) is 11.8 Å². The standard InChI is InChI=1S/C16H28N2O/c1-11(2)15(8-17)10-18-9-14-6-13(4)16(19-5)7-12(14)3/h6-7,11,15,18H,8-10,17H2,1-5H3. The van der Waals surface area contributed by atoms with Crippen LogP contribution in [-0.4, -0.2) is 20.2 Å². The molecule has 0 spiro atoms. The fourth-order valence-electron chi connectivity index (χ4n) is 2.24. The molecule has 3 heteroatoms. The Kier molecular flexibility index (Phi) is 6.32. The highest BCUT2D eigenvalue weighted by Gasteiger charge is 2.11. The number of hydrogen-bond acceptors (Lipinski definition) is 3. The van der Waals surface area contributed by atoms with E-state index in [9.17, 15) is 0 Å². The summed E-state index contributed by atoms with van der Waals surface area (Å²) in [6.45, 7) is 11.3. The van der Waals surface area contributed by atoms with Crippen molar-refractivity contribution in [3.05, 3.63) is 28.8 Å². The zero-order valence-corrected chi connectivity index (χ0v) is 12.9. The lowest BCUT2D eigenvalue weighted by Gasteiger charge is -2.20. The molecule has 1 rings (SSSR count). The highest BCUT2D eigenvalue weighted by Crippen LogP contribution is 2.22. The van der Waals surface area contributed by atoms with E-state index in [1.165, 1.54) is 16.7 Å². The molecule has 0 aliphatic carbocycles. The molecule has 0 aliphatic rings. The first-order chi connectivity index (χ1) is 8.99. The van der Waals surface area contributed by atoms with Crippen LogP contribution in [0.1, 0.15) is 30.5 Å². The fraction of sp³-hybridized carbons (Fsp3) is 0.625. The van der Waals surface area contributed by atoms with E-state index in [1.54, 1.807) is 7.11 Å². The van der Waals surface area contributed by atoms with Gasteiger partial charge in [-0.2, -0.15) is 0 Å². The Balaban J connectivity index is 2.61. The minimum Gasteiger partial charge on any atom is -0.496 e. The first-order valence-corrected chi connectivity index (χ1v) is 7.04. The molecule has 0 radical (unpaired) electrons. The SMILES string of the molecule is COc1cc(C)c(CNCC(CN)C(C)C)cc1C. The van der Waals surface area contributed by atoms with Gasteiger partial charge in [-0.05, 0) is 61.5 Å². The fourth-order valence-corrected chi connectivity index (χ4v) is 2.24. The Morgan fingerprint density at radius 2 is 1.89 bits per heavy atom. The number of ether oxygens (including phenoxy) is 1. The molecule has 108 valence electrons. The zero-order chi connectivity index (χ0) is 14.4. The van der Waals surface area contributed by atoms with Crippen LogP contribution in [-0.2, 0) is 6.54 Å². The van der Waals surface area contributed by atoms with Crippen molar-refractivity contribution in [2.45, 2.75) is 34.2 Å². The number of aryl methyl sites for hydroxylation is 2. The van der Waals surface area contributed by atoms with E-state index < -0.39 is 0 Å². The highest BCUT2D eigenvalue weighted by molar-refractivity contribution is 5.41. The van der Waals surface area contributed by atoms with Crippen molar-refractivity contribution < 1.29 is 4.74 Å². The average molecular weight is 264 g/mol. The molecule has 3 nitrogen and oxygen atoms in total. The van der Waals surface area contributed by atoms with Gasteiger partial charge in [0.25, 0.3) is 0 Å². The Morgan fingerprint density at radius 3 is 2.42 bits per heavy atom. The van der Waals surface area contributed by atoms with Gasteiger partial charge in [0.05, 0.1) is 7.11 Å². The molecule has 1 unspecified atom stereocenters. The molecule has 0 saturated heterocycles. The van der Waals surface area contributed by atoms with Crippen LogP contribution in [0.25, 0.3) is 0 Å². The third-order valence-corrected chi connectivity index (χ3v) is 3.82. The third kappa shape index (κ3) is 4.51. The van der Waals surface area contributed by atoms with Gasteiger partial charge < -0.3 is 15.8 Å². The molecule has 1 aromatic carbocycles. The van der Waals surface area contributed by atoms with Crippen LogP contribution in [0.2, 0.25) is 0 Å². The minimum atomic E-state index is 0.541. The van der Waals surface area contributed by atoms with Crippen LogP contribution < -0.4 is 15.8 Å². The van der Waals surface area contributed by atoms with E-state index in [1.807, 2.05) is 0 Å². The van der Waals surface area contributed by atoms with Crippen LogP contribution in [0, 0.1) is 25.7 Å². The summed E-state index contributed by atoms with van der Waals surface area (Å²) in [5, 5.41) is 3.52. The normalized spacial score (nSPS) is 12.8. The minimum absolute atomic E-state index is 0.541. The summed E-state index contributed by atoms with van der Waals surface area (Å²) in [6, 6.07) is 4.31. The van der Waals surface area contributed by atoms with E-state index in [-0.39, 0.29) is 0 Å². The van der Waals surface area contributed by atoms with Gasteiger partial charge in [0.2, 0.25) is 0 Å². The van der Waals surface area contributed by atoms with Gasteiger partial charge in [0.15, 0.2) is 0 Å². The maximum absolute atomic E-state index is 5.79. The largest absolute Gasteiger partial charge is 0.496 e. The van der Waals surface area contributed by atoms with Crippen LogP contribution in [0.3, 0.4) is 0 Å². The predicted octanol–water partition coefficient (Wildman–Crippen LogP) is 2.63. The number of nitrogens with two attached hydrogens (primary N) is 1. The first-order valence-electron chi connectivity index (χ1n) is 7.04. The molecule has 0 bridgehead atoms. The lowest BCUT2D eigenvalue weighted by molar-refractivity contribution is 0.370. The maximum atomic E-state index is 5.79. The molecule has 1 atom stereocenters. The number of benzene rings is 1. The molecular weight excluding hydrogens is 236 g/mol. The molecule has 0 fully saturated rings. The second-order valence-electron chi connectivity index (χ2n) is 5.62. The van der Waals surface area contributed by atoms with Crippen LogP contribution in [0.15, 0.2) is 12.1 Å². The second-order valence-corrected chi connectivity index (χ2v) is 5.62. The maximum Gasteiger partial charge on any atom is 0.122 e. The lowest BCUT2D eigenvalue weighted by atomic mass is 9.96. The topological polar surface area (TPSA) is 47.3 Å². The Labute approximate surface area is 117 Å². The van der Waals surface area contributed by atoms with Gasteiger partial charge in [-0.15, -0.1) is 0 Å². The van der Waals surface area contributed by atoms with E-state index in [0.717, 1.165) is 25.4 Å². The quantitative estimate of drug-likeness (QED) is 0.796. The predicted molar refractivity (Wildman–Crippen MR) is 81.6 cm³/mol. The average Bonchev–Trinajstić information content (AvgIpc) is 2.37. The van der Waals surface area contributed by atoms with Crippen LogP contribution in [0.5, 0.6) is 5.75 Å². The van der Waals surface area contributed by atoms with Crippen LogP contribution >= 0.6 is 0 Å². The van der Waals surface area contributed by atoms with Crippen molar-refractivity contribution >= 4 is 0 Å². The Morgan fingerprint density at radius 1 is 1.21 bits per heavy atom. The summed E-state index contributed by atoms with van der Waals surface area (Å²) < 4.78 is 5.34. The zero-order valence-electron chi connectivity index (χ0n) is 12.9. The summed E-state index contributed by atoms with van der Waals surface area (Å²) in [4.78, 5) is 0. The Bertz CT molecular complexity index is 402. The summed E-state index contributed by atoms with van der Waals surface area (Å²) in [5.74, 6) is 2.12. The first kappa shape index (κ1) is 16.0. The van der Waals surface area contributed by atoms with E-state index >= 15 is 0 Å². The summed E-state index contributed by atoms with van der Waals surface area (Å²) >= 11 is 0. The molecule has 0 aromatic heterocycles. The lowest BCUT2D eigenvalue weighted by Crippen LogP contribution is -2.31. The smallest absolute Gasteiger partial charge is 0.122 e. The van der Waals surface area contributed by atoms with E-state index in [4.69, 9.17) is 10.5 Å². The molecule has 3 N–H and O–H groups in total. The van der Waals surface area contributed by atoms with E-state index in [2.05, 4.69) is 45.1 Å². The molecule has 0 aliphatic heterocycles. The van der Waals surface area contributed by atoms with Gasteiger partial charge >= 0.3 is 0 Å². The van der Waals surface area contributed by atoms with Gasteiger partial charge in [-0.3, -0.25) is 0 Å². The number of methoxy groups -OCH3 is 1. The molecule has 0 saturated carbocycles. The van der Waals surface area contributed by atoms with Gasteiger partial charge in [0, 0.05) is 6.54 Å². The Hall–Kier alpha value is -1.06. The molecule has 0 amide bonds. The number of hydrogen-bond donors (Lipinski definition) is 2. The van der Waals surface area contributed by atoms with Crippen molar-refractivity contribution in [2.75, 3.05) is 20.2 Å². The molecule has 0 heterocycles. The third-order valence-electron chi connectivity index (χ3n) is 3.82. The molecular formula is C16H28N2O. The number of rotatable bonds is 7. The van der Waals surface area contributed by atoms with Crippen molar-refractivity contribution in [1.29, 1.82) is 0 Å². The van der Waals surface area contributed by atoms with Crippen LogP contribution in [0.4, 0.5) is 0 Å². The summed E-state index contributed by atoms with van der Waals surface area (Å²) in [6.07, 6.45) is 0. The van der Waals surface area contributed by atoms with Crippen molar-refractivity contribution in [3.63, 3.8) is 0 Å². The monoisotopic (exact) mass is 264 g/mol. The second kappa shape index (κ2) is 7.51. The van der Waals surface area contributed by atoms with Crippen molar-refractivity contribution in [3.8, 4) is 5.75 Å². The van der Waals surface area contributed by atoms with Gasteiger partial charge in [-0.1, -0.05) is 19.9 Å². The summed E-state index contributed by atoms with van der Waals surface area (Å²) in [5.41, 5.74) is 9.57. The van der Waals surface area contributed by atoms with Crippen molar-refractivity contribution in [1.82, 2.24) is 5.32 Å². The summed E-state index contributed by atoms with van der Waals surface area (Å²) in [7, 11) is 1.72. The van der Waals surface area contributed by atoms with Gasteiger partial charge in [0.1, 0.15) is 5.75 Å². The molecule has 19 heavy (non-hydrogen) atoms. The molecule has 1 aromatic rings. The van der Waals surface area contributed by atoms with Crippen molar-refractivity contribution in [2.24, 2.45) is 17.6 Å². The highest BCUT2D eigenvalue weighted by atomic mass is 16.5. The van der Waals surface area contributed by atoms with Gasteiger partial charge in [-0.25, -0.2) is 0 Å². The number of nitrogens with one attached hydrogen (secondary N) is 1.